The Labute approximate surface area is 115 Å². The van der Waals surface area contributed by atoms with Crippen LogP contribution in [0.25, 0.3) is 0 Å². The van der Waals surface area contributed by atoms with Crippen molar-refractivity contribution in [1.82, 2.24) is 4.31 Å². The van der Waals surface area contributed by atoms with E-state index >= 15 is 0 Å². The van der Waals surface area contributed by atoms with E-state index in [1.807, 2.05) is 18.0 Å². The Kier molecular flexibility index (Phi) is 4.57. The molecule has 0 amide bonds. The first kappa shape index (κ1) is 13.8. The number of benzene rings is 1. The maximum Gasteiger partial charge on any atom is 0.0347 e. The van der Waals surface area contributed by atoms with E-state index < -0.39 is 0 Å². The minimum atomic E-state index is 0.806. The number of rotatable bonds is 3. The molecule has 1 aromatic carbocycles. The van der Waals surface area contributed by atoms with E-state index in [1.54, 1.807) is 0 Å². The fourth-order valence-corrected chi connectivity index (χ4v) is 4.05. The van der Waals surface area contributed by atoms with Crippen LogP contribution in [0.4, 0.5) is 5.69 Å². The van der Waals surface area contributed by atoms with Gasteiger partial charge in [0.1, 0.15) is 0 Å². The largest absolute Gasteiger partial charge is 0.399 e. The van der Waals surface area contributed by atoms with Gasteiger partial charge in [0, 0.05) is 23.7 Å². The first-order valence-corrected chi connectivity index (χ1v) is 7.67. The number of nitrogens with two attached hydrogens (primary N) is 1. The second kappa shape index (κ2) is 5.98. The van der Waals surface area contributed by atoms with Crippen molar-refractivity contribution >= 4 is 17.6 Å². The molecule has 2 atom stereocenters. The van der Waals surface area contributed by atoms with Crippen molar-refractivity contribution in [3.8, 4) is 0 Å². The van der Waals surface area contributed by atoms with Gasteiger partial charge < -0.3 is 5.73 Å². The summed E-state index contributed by atoms with van der Waals surface area (Å²) in [6.07, 6.45) is 2.37. The Balaban J connectivity index is 2.04. The van der Waals surface area contributed by atoms with Crippen LogP contribution in [0.5, 0.6) is 0 Å². The molecule has 1 heterocycles. The minimum Gasteiger partial charge on any atom is -0.399 e. The van der Waals surface area contributed by atoms with Gasteiger partial charge in [-0.05, 0) is 60.4 Å². The van der Waals surface area contributed by atoms with Crippen LogP contribution in [-0.2, 0) is 6.42 Å². The van der Waals surface area contributed by atoms with Gasteiger partial charge in [0.25, 0.3) is 0 Å². The van der Waals surface area contributed by atoms with Crippen LogP contribution in [0.1, 0.15) is 32.8 Å². The van der Waals surface area contributed by atoms with Crippen molar-refractivity contribution < 1.29 is 0 Å². The van der Waals surface area contributed by atoms with Crippen LogP contribution >= 0.6 is 11.9 Å². The van der Waals surface area contributed by atoms with Gasteiger partial charge in [-0.3, -0.25) is 0 Å². The van der Waals surface area contributed by atoms with Crippen LogP contribution in [0.2, 0.25) is 0 Å². The van der Waals surface area contributed by atoms with Crippen LogP contribution in [-0.4, -0.2) is 17.4 Å². The Morgan fingerprint density at radius 2 is 1.94 bits per heavy atom. The number of aryl methyl sites for hydroxylation is 1. The molecule has 1 fully saturated rings. The lowest BCUT2D eigenvalue weighted by Gasteiger charge is -2.33. The summed E-state index contributed by atoms with van der Waals surface area (Å²) in [7, 11) is 0. The predicted octanol–water partition coefficient (Wildman–Crippen LogP) is 3.82. The fraction of sp³-hybridized carbons (Fsp3) is 0.600. The lowest BCUT2D eigenvalue weighted by atomic mass is 9.94. The molecular formula is C15H24N2S. The smallest absolute Gasteiger partial charge is 0.0347 e. The third kappa shape index (κ3) is 3.42. The molecule has 0 saturated carbocycles. The molecule has 18 heavy (non-hydrogen) atoms. The molecule has 1 saturated heterocycles. The number of hydrogen-bond donors (Lipinski definition) is 1. The maximum atomic E-state index is 5.95. The SMILES string of the molecule is CCc1cc(SN2CC(C)CC(C)C2)ccc1N. The molecule has 2 N–H and O–H groups in total. The van der Waals surface area contributed by atoms with Crippen molar-refractivity contribution in [2.24, 2.45) is 11.8 Å². The quantitative estimate of drug-likeness (QED) is 0.665. The van der Waals surface area contributed by atoms with Gasteiger partial charge in [-0.15, -0.1) is 0 Å². The second-order valence-electron chi connectivity index (χ2n) is 5.60. The highest BCUT2D eigenvalue weighted by Crippen LogP contribution is 2.32. The summed E-state index contributed by atoms with van der Waals surface area (Å²) in [6, 6.07) is 6.42. The average Bonchev–Trinajstić information content (AvgIpc) is 2.30. The van der Waals surface area contributed by atoms with Crippen LogP contribution in [0.3, 0.4) is 0 Å². The van der Waals surface area contributed by atoms with E-state index in [0.29, 0.717) is 0 Å². The lowest BCUT2D eigenvalue weighted by Crippen LogP contribution is -2.33. The van der Waals surface area contributed by atoms with Crippen LogP contribution in [0.15, 0.2) is 23.1 Å². The molecular weight excluding hydrogens is 240 g/mol. The summed E-state index contributed by atoms with van der Waals surface area (Å²) >= 11 is 1.89. The van der Waals surface area contributed by atoms with Gasteiger partial charge in [0.05, 0.1) is 0 Å². The number of nitrogens with zero attached hydrogens (tertiary/aromatic N) is 1. The van der Waals surface area contributed by atoms with Gasteiger partial charge in [-0.2, -0.15) is 0 Å². The third-order valence-corrected chi connectivity index (χ3v) is 4.59. The second-order valence-corrected chi connectivity index (χ2v) is 6.77. The summed E-state index contributed by atoms with van der Waals surface area (Å²) in [5, 5.41) is 0. The molecule has 0 aliphatic carbocycles. The van der Waals surface area contributed by atoms with Crippen molar-refractivity contribution in [3.63, 3.8) is 0 Å². The van der Waals surface area contributed by atoms with Crippen molar-refractivity contribution in [2.45, 2.75) is 38.5 Å². The highest BCUT2D eigenvalue weighted by molar-refractivity contribution is 7.97. The monoisotopic (exact) mass is 264 g/mol. The number of hydrogen-bond acceptors (Lipinski definition) is 3. The first-order valence-electron chi connectivity index (χ1n) is 6.89. The predicted molar refractivity (Wildman–Crippen MR) is 80.6 cm³/mol. The molecule has 3 heteroatoms. The summed E-state index contributed by atoms with van der Waals surface area (Å²) in [5.41, 5.74) is 8.14. The molecule has 0 radical (unpaired) electrons. The summed E-state index contributed by atoms with van der Waals surface area (Å²) < 4.78 is 2.50. The Morgan fingerprint density at radius 1 is 1.28 bits per heavy atom. The van der Waals surface area contributed by atoms with Gasteiger partial charge in [-0.1, -0.05) is 20.8 Å². The van der Waals surface area contributed by atoms with E-state index in [9.17, 15) is 0 Å². The highest BCUT2D eigenvalue weighted by Gasteiger charge is 2.22. The van der Waals surface area contributed by atoms with E-state index in [1.165, 1.54) is 30.0 Å². The molecule has 100 valence electrons. The average molecular weight is 264 g/mol. The zero-order valence-electron chi connectivity index (χ0n) is 11.6. The van der Waals surface area contributed by atoms with E-state index in [-0.39, 0.29) is 0 Å². The molecule has 2 rings (SSSR count). The molecule has 1 aliphatic heterocycles. The lowest BCUT2D eigenvalue weighted by molar-refractivity contribution is 0.237. The van der Waals surface area contributed by atoms with Crippen molar-refractivity contribution in [1.29, 1.82) is 0 Å². The van der Waals surface area contributed by atoms with Crippen molar-refractivity contribution in [3.05, 3.63) is 23.8 Å². The molecule has 0 aromatic heterocycles. The number of anilines is 1. The minimum absolute atomic E-state index is 0.806. The Morgan fingerprint density at radius 3 is 2.56 bits per heavy atom. The summed E-state index contributed by atoms with van der Waals surface area (Å²) in [5.74, 6) is 1.61. The first-order chi connectivity index (χ1) is 8.58. The molecule has 0 spiro atoms. The standard InChI is InChI=1S/C15H24N2S/c1-4-13-8-14(5-6-15(13)16)18-17-9-11(2)7-12(3)10-17/h5-6,8,11-12H,4,7,9-10,16H2,1-3H3. The zero-order valence-corrected chi connectivity index (χ0v) is 12.5. The maximum absolute atomic E-state index is 5.95. The molecule has 0 bridgehead atoms. The zero-order chi connectivity index (χ0) is 13.1. The molecule has 2 unspecified atom stereocenters. The topological polar surface area (TPSA) is 29.3 Å². The Bertz CT molecular complexity index is 395. The van der Waals surface area contributed by atoms with Gasteiger partial charge >= 0.3 is 0 Å². The normalized spacial score (nSPS) is 25.3. The van der Waals surface area contributed by atoms with Gasteiger partial charge in [0.2, 0.25) is 0 Å². The summed E-state index contributed by atoms with van der Waals surface area (Å²) in [4.78, 5) is 1.32. The van der Waals surface area contributed by atoms with Crippen molar-refractivity contribution in [2.75, 3.05) is 18.8 Å². The van der Waals surface area contributed by atoms with Crippen LogP contribution in [0, 0.1) is 11.8 Å². The van der Waals surface area contributed by atoms with Gasteiger partial charge in [0.15, 0.2) is 0 Å². The number of nitrogen functional groups attached to an aromatic ring is 1. The summed E-state index contributed by atoms with van der Waals surface area (Å²) in [6.45, 7) is 9.25. The van der Waals surface area contributed by atoms with E-state index in [4.69, 9.17) is 5.73 Å². The van der Waals surface area contributed by atoms with Gasteiger partial charge in [-0.25, -0.2) is 4.31 Å². The van der Waals surface area contributed by atoms with E-state index in [2.05, 4.69) is 37.2 Å². The fourth-order valence-electron chi connectivity index (χ4n) is 2.77. The van der Waals surface area contributed by atoms with Crippen LogP contribution < -0.4 is 5.73 Å². The molecule has 2 nitrogen and oxygen atoms in total. The number of piperidine rings is 1. The highest BCUT2D eigenvalue weighted by atomic mass is 32.2. The third-order valence-electron chi connectivity index (χ3n) is 3.57. The Hall–Kier alpha value is -0.670. The van der Waals surface area contributed by atoms with E-state index in [0.717, 1.165) is 23.9 Å². The molecule has 1 aliphatic rings. The molecule has 1 aromatic rings.